The second kappa shape index (κ2) is 5.81. The lowest BCUT2D eigenvalue weighted by atomic mass is 10.2. The molecule has 0 fully saturated rings. The van der Waals surface area contributed by atoms with E-state index in [1.54, 1.807) is 0 Å². The van der Waals surface area contributed by atoms with Gasteiger partial charge in [0.15, 0.2) is 0 Å². The lowest BCUT2D eigenvalue weighted by Gasteiger charge is -2.15. The molecule has 1 N–H and O–H groups in total. The summed E-state index contributed by atoms with van der Waals surface area (Å²) >= 11 is 8.37. The minimum Gasteiger partial charge on any atom is -0.381 e. The summed E-state index contributed by atoms with van der Waals surface area (Å²) in [6, 6.07) is 6.51. The molecule has 1 atom stereocenters. The Balaban J connectivity index is 2.70. The standard InChI is InChI=1S/C11H15ClIN/c1-3-4-8(2)14-11-7-9(13)5-6-10(11)12/h5-8,14H,3-4H2,1-2H3. The highest BCUT2D eigenvalue weighted by atomic mass is 127. The molecule has 0 spiro atoms. The van der Waals surface area contributed by atoms with Gasteiger partial charge in [-0.15, -0.1) is 0 Å². The predicted molar refractivity (Wildman–Crippen MR) is 72.2 cm³/mol. The van der Waals surface area contributed by atoms with Crippen molar-refractivity contribution in [2.75, 3.05) is 5.32 Å². The number of benzene rings is 1. The SMILES string of the molecule is CCCC(C)Nc1cc(I)ccc1Cl. The quantitative estimate of drug-likeness (QED) is 0.802. The van der Waals surface area contributed by atoms with E-state index < -0.39 is 0 Å². The topological polar surface area (TPSA) is 12.0 Å². The maximum absolute atomic E-state index is 6.07. The van der Waals surface area contributed by atoms with Crippen molar-refractivity contribution in [2.24, 2.45) is 0 Å². The first-order valence-electron chi connectivity index (χ1n) is 4.85. The lowest BCUT2D eigenvalue weighted by Crippen LogP contribution is -2.14. The molecular formula is C11H15ClIN. The summed E-state index contributed by atoms with van der Waals surface area (Å²) in [6.07, 6.45) is 2.36. The van der Waals surface area contributed by atoms with Crippen molar-refractivity contribution in [2.45, 2.75) is 32.7 Å². The molecule has 0 radical (unpaired) electrons. The molecule has 0 bridgehead atoms. The Morgan fingerprint density at radius 1 is 1.50 bits per heavy atom. The third-order valence-electron chi connectivity index (χ3n) is 2.05. The van der Waals surface area contributed by atoms with Gasteiger partial charge in [-0.3, -0.25) is 0 Å². The Labute approximate surface area is 104 Å². The van der Waals surface area contributed by atoms with Gasteiger partial charge in [-0.25, -0.2) is 0 Å². The van der Waals surface area contributed by atoms with Gasteiger partial charge in [0, 0.05) is 9.61 Å². The van der Waals surface area contributed by atoms with E-state index in [0.29, 0.717) is 6.04 Å². The summed E-state index contributed by atoms with van der Waals surface area (Å²) in [7, 11) is 0. The number of rotatable bonds is 4. The van der Waals surface area contributed by atoms with Crippen LogP contribution in [0.1, 0.15) is 26.7 Å². The molecule has 3 heteroatoms. The molecule has 0 saturated heterocycles. The van der Waals surface area contributed by atoms with Gasteiger partial charge in [-0.1, -0.05) is 24.9 Å². The molecule has 0 aliphatic carbocycles. The molecule has 0 aromatic heterocycles. The Morgan fingerprint density at radius 3 is 2.86 bits per heavy atom. The zero-order chi connectivity index (χ0) is 10.6. The van der Waals surface area contributed by atoms with Crippen molar-refractivity contribution < 1.29 is 0 Å². The van der Waals surface area contributed by atoms with Crippen LogP contribution in [-0.4, -0.2) is 6.04 Å². The molecule has 0 aliphatic heterocycles. The van der Waals surface area contributed by atoms with E-state index in [0.717, 1.165) is 10.7 Å². The van der Waals surface area contributed by atoms with Gasteiger partial charge in [0.25, 0.3) is 0 Å². The van der Waals surface area contributed by atoms with Crippen LogP contribution in [0.4, 0.5) is 5.69 Å². The highest BCUT2D eigenvalue weighted by Crippen LogP contribution is 2.24. The minimum absolute atomic E-state index is 0.482. The van der Waals surface area contributed by atoms with Crippen LogP contribution in [0.2, 0.25) is 5.02 Å². The fourth-order valence-electron chi connectivity index (χ4n) is 1.38. The lowest BCUT2D eigenvalue weighted by molar-refractivity contribution is 0.690. The molecule has 0 aliphatic rings. The van der Waals surface area contributed by atoms with E-state index in [4.69, 9.17) is 11.6 Å². The van der Waals surface area contributed by atoms with Crippen molar-refractivity contribution in [1.29, 1.82) is 0 Å². The maximum atomic E-state index is 6.07. The van der Waals surface area contributed by atoms with E-state index >= 15 is 0 Å². The molecule has 0 heterocycles. The fraction of sp³-hybridized carbons (Fsp3) is 0.455. The average Bonchev–Trinajstić information content (AvgIpc) is 2.12. The van der Waals surface area contributed by atoms with Gasteiger partial charge >= 0.3 is 0 Å². The van der Waals surface area contributed by atoms with E-state index in [1.165, 1.54) is 16.4 Å². The van der Waals surface area contributed by atoms with Crippen LogP contribution in [0.25, 0.3) is 0 Å². The summed E-state index contributed by atoms with van der Waals surface area (Å²) in [5.74, 6) is 0. The first kappa shape index (κ1) is 12.1. The predicted octanol–water partition coefficient (Wildman–Crippen LogP) is 4.55. The van der Waals surface area contributed by atoms with Crippen molar-refractivity contribution in [1.82, 2.24) is 0 Å². The summed E-state index contributed by atoms with van der Waals surface area (Å²) < 4.78 is 1.21. The van der Waals surface area contributed by atoms with Gasteiger partial charge in [-0.05, 0) is 54.1 Å². The van der Waals surface area contributed by atoms with Crippen LogP contribution in [0.5, 0.6) is 0 Å². The number of halogens is 2. The molecule has 0 amide bonds. The molecular weight excluding hydrogens is 308 g/mol. The van der Waals surface area contributed by atoms with Crippen molar-refractivity contribution >= 4 is 39.9 Å². The van der Waals surface area contributed by atoms with Gasteiger partial charge in [0.05, 0.1) is 10.7 Å². The summed E-state index contributed by atoms with van der Waals surface area (Å²) in [5.41, 5.74) is 1.04. The second-order valence-corrected chi connectivity index (χ2v) is 5.11. The van der Waals surface area contributed by atoms with Crippen molar-refractivity contribution in [3.8, 4) is 0 Å². The van der Waals surface area contributed by atoms with Crippen LogP contribution < -0.4 is 5.32 Å². The Morgan fingerprint density at radius 2 is 2.21 bits per heavy atom. The molecule has 1 rings (SSSR count). The van der Waals surface area contributed by atoms with E-state index in [2.05, 4.69) is 47.8 Å². The van der Waals surface area contributed by atoms with E-state index in [1.807, 2.05) is 12.1 Å². The smallest absolute Gasteiger partial charge is 0.0638 e. The molecule has 78 valence electrons. The monoisotopic (exact) mass is 323 g/mol. The highest BCUT2D eigenvalue weighted by molar-refractivity contribution is 14.1. The molecule has 0 saturated carbocycles. The molecule has 1 unspecified atom stereocenters. The molecule has 1 aromatic carbocycles. The zero-order valence-electron chi connectivity index (χ0n) is 8.48. The second-order valence-electron chi connectivity index (χ2n) is 3.46. The van der Waals surface area contributed by atoms with Crippen molar-refractivity contribution in [3.63, 3.8) is 0 Å². The van der Waals surface area contributed by atoms with Crippen LogP contribution in [-0.2, 0) is 0 Å². The molecule has 14 heavy (non-hydrogen) atoms. The van der Waals surface area contributed by atoms with Gasteiger partial charge in [-0.2, -0.15) is 0 Å². The summed E-state index contributed by atoms with van der Waals surface area (Å²) in [5, 5.41) is 4.21. The van der Waals surface area contributed by atoms with Crippen LogP contribution in [0, 0.1) is 3.57 Å². The largest absolute Gasteiger partial charge is 0.381 e. The Bertz CT molecular complexity index is 301. The van der Waals surface area contributed by atoms with E-state index in [9.17, 15) is 0 Å². The Hall–Kier alpha value is 0.0400. The van der Waals surface area contributed by atoms with Gasteiger partial charge in [0.1, 0.15) is 0 Å². The van der Waals surface area contributed by atoms with Crippen LogP contribution in [0.15, 0.2) is 18.2 Å². The van der Waals surface area contributed by atoms with Crippen molar-refractivity contribution in [3.05, 3.63) is 26.8 Å². The van der Waals surface area contributed by atoms with Crippen LogP contribution >= 0.6 is 34.2 Å². The van der Waals surface area contributed by atoms with Crippen LogP contribution in [0.3, 0.4) is 0 Å². The molecule has 1 nitrogen and oxygen atoms in total. The Kier molecular flexibility index (Phi) is 5.02. The number of nitrogens with one attached hydrogen (secondary N) is 1. The fourth-order valence-corrected chi connectivity index (χ4v) is 2.04. The normalized spacial score (nSPS) is 12.6. The minimum atomic E-state index is 0.482. The third kappa shape index (κ3) is 3.65. The van der Waals surface area contributed by atoms with E-state index in [-0.39, 0.29) is 0 Å². The zero-order valence-corrected chi connectivity index (χ0v) is 11.4. The van der Waals surface area contributed by atoms with Gasteiger partial charge < -0.3 is 5.32 Å². The third-order valence-corrected chi connectivity index (χ3v) is 3.05. The highest BCUT2D eigenvalue weighted by Gasteiger charge is 2.04. The summed E-state index contributed by atoms with van der Waals surface area (Å²) in [6.45, 7) is 4.37. The number of hydrogen-bond acceptors (Lipinski definition) is 1. The number of anilines is 1. The molecule has 1 aromatic rings. The maximum Gasteiger partial charge on any atom is 0.0638 e. The first-order chi connectivity index (χ1) is 6.63. The average molecular weight is 324 g/mol. The first-order valence-corrected chi connectivity index (χ1v) is 6.30. The van der Waals surface area contributed by atoms with Gasteiger partial charge in [0.2, 0.25) is 0 Å². The summed E-state index contributed by atoms with van der Waals surface area (Å²) in [4.78, 5) is 0. The number of hydrogen-bond donors (Lipinski definition) is 1.